The molecule has 1 aromatic carbocycles. The zero-order valence-electron chi connectivity index (χ0n) is 8.18. The van der Waals surface area contributed by atoms with Crippen LogP contribution < -0.4 is 5.32 Å². The molecule has 0 saturated heterocycles. The van der Waals surface area contributed by atoms with Gasteiger partial charge >= 0.3 is 0 Å². The van der Waals surface area contributed by atoms with E-state index in [0.717, 1.165) is 5.56 Å². The number of hydrogen-bond donors (Lipinski definition) is 3. The van der Waals surface area contributed by atoms with Gasteiger partial charge in [0.25, 0.3) is 0 Å². The maximum Gasteiger partial charge on any atom is 0.249 e. The molecule has 5 nitrogen and oxygen atoms in total. The van der Waals surface area contributed by atoms with Gasteiger partial charge in [0, 0.05) is 6.54 Å². The number of carbonyl (C=O) groups is 1. The normalized spacial score (nSPS) is 11.8. The maximum atomic E-state index is 11.3. The van der Waals surface area contributed by atoms with E-state index in [0.29, 0.717) is 6.54 Å². The third kappa shape index (κ3) is 3.47. The fourth-order valence-corrected chi connectivity index (χ4v) is 1.09. The van der Waals surface area contributed by atoms with E-state index in [4.69, 9.17) is 10.6 Å². The van der Waals surface area contributed by atoms with Gasteiger partial charge in [0.1, 0.15) is 0 Å². The Morgan fingerprint density at radius 3 is 2.67 bits per heavy atom. The summed E-state index contributed by atoms with van der Waals surface area (Å²) >= 11 is 0. The van der Waals surface area contributed by atoms with Crippen LogP contribution in [0.1, 0.15) is 5.56 Å². The highest BCUT2D eigenvalue weighted by atomic mass is 16.3. The van der Waals surface area contributed by atoms with E-state index in [1.54, 1.807) is 0 Å². The molecule has 1 amide bonds. The summed E-state index contributed by atoms with van der Waals surface area (Å²) in [6.07, 6.45) is 0. The van der Waals surface area contributed by atoms with Crippen LogP contribution in [0.4, 0.5) is 0 Å². The molecule has 5 heteroatoms. The van der Waals surface area contributed by atoms with Crippen LogP contribution in [0.25, 0.3) is 0 Å². The quantitative estimate of drug-likeness (QED) is 0.620. The van der Waals surface area contributed by atoms with Gasteiger partial charge in [-0.2, -0.15) is 5.11 Å². The number of rotatable bonds is 5. The molecule has 1 atom stereocenters. The largest absolute Gasteiger partial charge is 0.394 e. The summed E-state index contributed by atoms with van der Waals surface area (Å²) in [5, 5.41) is 14.3. The maximum absolute atomic E-state index is 11.3. The first-order valence-electron chi connectivity index (χ1n) is 4.57. The van der Waals surface area contributed by atoms with E-state index >= 15 is 0 Å². The van der Waals surface area contributed by atoms with Crippen molar-refractivity contribution in [1.29, 1.82) is 5.53 Å². The zero-order valence-corrected chi connectivity index (χ0v) is 8.18. The third-order valence-electron chi connectivity index (χ3n) is 1.94. The molecule has 0 fully saturated rings. The van der Waals surface area contributed by atoms with Gasteiger partial charge in [0.05, 0.1) is 6.61 Å². The average molecular weight is 207 g/mol. The SMILES string of the molecule is N=NC(CO)C(=O)NCc1ccccc1. The summed E-state index contributed by atoms with van der Waals surface area (Å²) in [5.41, 5.74) is 7.64. The second kappa shape index (κ2) is 5.87. The van der Waals surface area contributed by atoms with Gasteiger partial charge in [0.15, 0.2) is 6.04 Å². The van der Waals surface area contributed by atoms with E-state index < -0.39 is 18.6 Å². The molecule has 1 unspecified atom stereocenters. The molecule has 0 bridgehead atoms. The first kappa shape index (κ1) is 11.3. The fourth-order valence-electron chi connectivity index (χ4n) is 1.09. The Morgan fingerprint density at radius 2 is 2.13 bits per heavy atom. The lowest BCUT2D eigenvalue weighted by Crippen LogP contribution is -2.34. The van der Waals surface area contributed by atoms with Gasteiger partial charge in [-0.1, -0.05) is 30.3 Å². The fraction of sp³-hybridized carbons (Fsp3) is 0.300. The van der Waals surface area contributed by atoms with Crippen LogP contribution in [0.3, 0.4) is 0 Å². The molecule has 0 spiro atoms. The highest BCUT2D eigenvalue weighted by Gasteiger charge is 2.15. The summed E-state index contributed by atoms with van der Waals surface area (Å²) in [6.45, 7) is -0.0597. The highest BCUT2D eigenvalue weighted by Crippen LogP contribution is 1.98. The van der Waals surface area contributed by atoms with Crippen molar-refractivity contribution >= 4 is 5.91 Å². The van der Waals surface area contributed by atoms with E-state index in [-0.39, 0.29) is 0 Å². The number of hydrogen-bond acceptors (Lipinski definition) is 4. The highest BCUT2D eigenvalue weighted by molar-refractivity contribution is 5.81. The van der Waals surface area contributed by atoms with Gasteiger partial charge in [-0.15, -0.1) is 0 Å². The molecule has 0 aliphatic carbocycles. The van der Waals surface area contributed by atoms with Gasteiger partial charge in [-0.3, -0.25) is 4.79 Å². The lowest BCUT2D eigenvalue weighted by molar-refractivity contribution is -0.123. The Morgan fingerprint density at radius 1 is 1.47 bits per heavy atom. The second-order valence-electron chi connectivity index (χ2n) is 3.03. The third-order valence-corrected chi connectivity index (χ3v) is 1.94. The topological polar surface area (TPSA) is 85.5 Å². The molecule has 0 aromatic heterocycles. The van der Waals surface area contributed by atoms with Crippen molar-refractivity contribution < 1.29 is 9.90 Å². The minimum Gasteiger partial charge on any atom is -0.394 e. The minimum atomic E-state index is -0.992. The first-order chi connectivity index (χ1) is 7.27. The molecule has 3 N–H and O–H groups in total. The Balaban J connectivity index is 2.44. The van der Waals surface area contributed by atoms with Crippen LogP contribution in [0.15, 0.2) is 35.4 Å². The summed E-state index contributed by atoms with van der Waals surface area (Å²) in [6, 6.07) is 8.41. The second-order valence-corrected chi connectivity index (χ2v) is 3.03. The van der Waals surface area contributed by atoms with E-state index in [1.807, 2.05) is 30.3 Å². The molecule has 15 heavy (non-hydrogen) atoms. The predicted octanol–water partition coefficient (Wildman–Crippen LogP) is 0.695. The lowest BCUT2D eigenvalue weighted by Gasteiger charge is -2.08. The molecular formula is C10H13N3O2. The molecule has 80 valence electrons. The smallest absolute Gasteiger partial charge is 0.249 e. The average Bonchev–Trinajstić information content (AvgIpc) is 2.29. The van der Waals surface area contributed by atoms with Crippen LogP contribution in [-0.4, -0.2) is 23.7 Å². The monoisotopic (exact) mass is 207 g/mol. The van der Waals surface area contributed by atoms with Crippen molar-refractivity contribution in [1.82, 2.24) is 5.32 Å². The van der Waals surface area contributed by atoms with E-state index in [1.165, 1.54) is 0 Å². The van der Waals surface area contributed by atoms with Crippen LogP contribution in [-0.2, 0) is 11.3 Å². The number of amides is 1. The summed E-state index contributed by atoms with van der Waals surface area (Å²) in [4.78, 5) is 11.3. The van der Waals surface area contributed by atoms with Crippen molar-refractivity contribution in [3.8, 4) is 0 Å². The summed E-state index contributed by atoms with van der Waals surface area (Å²) in [7, 11) is 0. The molecule has 0 saturated carbocycles. The molecule has 0 aliphatic rings. The molecule has 1 aromatic rings. The van der Waals surface area contributed by atoms with Crippen LogP contribution in [0, 0.1) is 5.53 Å². The van der Waals surface area contributed by atoms with Crippen LogP contribution >= 0.6 is 0 Å². The van der Waals surface area contributed by atoms with Gasteiger partial charge < -0.3 is 10.4 Å². The lowest BCUT2D eigenvalue weighted by atomic mass is 10.2. The molecular weight excluding hydrogens is 194 g/mol. The number of aliphatic hydroxyl groups excluding tert-OH is 1. The summed E-state index contributed by atoms with van der Waals surface area (Å²) in [5.74, 6) is -0.434. The van der Waals surface area contributed by atoms with Crippen molar-refractivity contribution in [2.24, 2.45) is 5.11 Å². The number of benzene rings is 1. The number of carbonyl (C=O) groups excluding carboxylic acids is 1. The zero-order chi connectivity index (χ0) is 11.1. The van der Waals surface area contributed by atoms with Gasteiger partial charge in [-0.25, -0.2) is 5.53 Å². The molecule has 1 rings (SSSR count). The van der Waals surface area contributed by atoms with Crippen molar-refractivity contribution in [3.05, 3.63) is 35.9 Å². The van der Waals surface area contributed by atoms with Gasteiger partial charge in [-0.05, 0) is 5.56 Å². The van der Waals surface area contributed by atoms with E-state index in [2.05, 4.69) is 10.4 Å². The predicted molar refractivity (Wildman–Crippen MR) is 54.3 cm³/mol. The van der Waals surface area contributed by atoms with Crippen LogP contribution in [0.2, 0.25) is 0 Å². The number of nitrogens with one attached hydrogen (secondary N) is 2. The number of nitrogens with zero attached hydrogens (tertiary/aromatic N) is 1. The Hall–Kier alpha value is -1.75. The van der Waals surface area contributed by atoms with E-state index in [9.17, 15) is 4.79 Å². The minimum absolute atomic E-state index is 0.381. The number of aliphatic hydroxyl groups is 1. The first-order valence-corrected chi connectivity index (χ1v) is 4.57. The van der Waals surface area contributed by atoms with Crippen LogP contribution in [0.5, 0.6) is 0 Å². The Kier molecular flexibility index (Phi) is 4.43. The standard InChI is InChI=1S/C10H13N3O2/c11-13-9(7-14)10(15)12-6-8-4-2-1-3-5-8/h1-5,9,11,14H,6-7H2,(H,12,15). The molecule has 0 heterocycles. The molecule has 0 aliphatic heterocycles. The Labute approximate surface area is 87.6 Å². The van der Waals surface area contributed by atoms with Crippen molar-refractivity contribution in [2.45, 2.75) is 12.6 Å². The summed E-state index contributed by atoms with van der Waals surface area (Å²) < 4.78 is 0. The van der Waals surface area contributed by atoms with Crippen molar-refractivity contribution in [3.63, 3.8) is 0 Å². The Bertz CT molecular complexity index is 327. The molecule has 0 radical (unpaired) electrons. The van der Waals surface area contributed by atoms with Crippen molar-refractivity contribution in [2.75, 3.05) is 6.61 Å². The van der Waals surface area contributed by atoms with Gasteiger partial charge in [0.2, 0.25) is 5.91 Å².